The molecule has 7 rings (SSSR count). The molecule has 5 nitrogen and oxygen atoms in total. The van der Waals surface area contributed by atoms with Crippen LogP contribution >= 0.6 is 0 Å². The van der Waals surface area contributed by atoms with Crippen molar-refractivity contribution in [1.29, 1.82) is 0 Å². The molecule has 0 radical (unpaired) electrons. The van der Waals surface area contributed by atoms with Crippen molar-refractivity contribution in [2.24, 2.45) is 51.8 Å². The molecule has 12 atom stereocenters. The molecule has 7 fully saturated rings. The van der Waals surface area contributed by atoms with Crippen molar-refractivity contribution in [3.8, 4) is 0 Å². The summed E-state index contributed by atoms with van der Waals surface area (Å²) < 4.78 is 12.2. The van der Waals surface area contributed by atoms with E-state index in [-0.39, 0.29) is 40.3 Å². The average Bonchev–Trinajstić information content (AvgIpc) is 3.30. The Balaban J connectivity index is 1.19. The molecule has 5 saturated carbocycles. The highest BCUT2D eigenvalue weighted by molar-refractivity contribution is 5.91. The summed E-state index contributed by atoms with van der Waals surface area (Å²) in [6.45, 7) is 11.2. The maximum absolute atomic E-state index is 13.3. The smallest absolute Gasteiger partial charge is 0.336 e. The van der Waals surface area contributed by atoms with E-state index < -0.39 is 5.60 Å². The molecule has 1 N–H and O–H groups in total. The molecule has 0 aromatic rings. The molecule has 0 aromatic heterocycles. The lowest BCUT2D eigenvalue weighted by Crippen LogP contribution is -2.60. The number of carbonyl (C=O) groups is 2. The predicted molar refractivity (Wildman–Crippen MR) is 121 cm³/mol. The summed E-state index contributed by atoms with van der Waals surface area (Å²) in [6, 6.07) is 0. The highest BCUT2D eigenvalue weighted by Crippen LogP contribution is 2.80. The van der Waals surface area contributed by atoms with Crippen LogP contribution in [-0.2, 0) is 19.1 Å². The lowest BCUT2D eigenvalue weighted by atomic mass is 9.45. The maximum Gasteiger partial charge on any atom is 0.336 e. The first-order valence-electron chi connectivity index (χ1n) is 13.3. The van der Waals surface area contributed by atoms with Gasteiger partial charge in [0.25, 0.3) is 0 Å². The lowest BCUT2D eigenvalue weighted by Gasteiger charge is -2.60. The van der Waals surface area contributed by atoms with Gasteiger partial charge in [-0.05, 0) is 80.5 Å². The highest BCUT2D eigenvalue weighted by atomic mass is 16.6. The number of aliphatic hydroxyl groups excluding tert-OH is 1. The molecule has 5 heteroatoms. The fraction of sp³-hybridized carbons (Fsp3) is 0.857. The normalized spacial score (nSPS) is 61.0. The molecule has 5 aliphatic carbocycles. The minimum absolute atomic E-state index is 0.0959. The molecule has 7 aliphatic rings. The molecular weight excluding hydrogens is 416 g/mol. The number of rotatable bonds is 1. The Kier molecular flexibility index (Phi) is 3.92. The number of ether oxygens (including phenoxy) is 2. The topological polar surface area (TPSA) is 72.8 Å². The Bertz CT molecular complexity index is 973. The summed E-state index contributed by atoms with van der Waals surface area (Å²) in [5, 5.41) is 11.4. The molecule has 0 amide bonds. The van der Waals surface area contributed by atoms with E-state index >= 15 is 0 Å². The average molecular weight is 455 g/mol. The predicted octanol–water partition coefficient (Wildman–Crippen LogP) is 4.07. The van der Waals surface area contributed by atoms with Gasteiger partial charge in [0.05, 0.1) is 18.3 Å². The third-order valence-corrected chi connectivity index (χ3v) is 12.8. The summed E-state index contributed by atoms with van der Waals surface area (Å²) in [5.41, 5.74) is -0.431. The van der Waals surface area contributed by atoms with Gasteiger partial charge in [0.1, 0.15) is 17.5 Å². The van der Waals surface area contributed by atoms with Crippen LogP contribution in [0.1, 0.15) is 72.1 Å². The minimum atomic E-state index is -0.590. The van der Waals surface area contributed by atoms with Crippen LogP contribution in [0.5, 0.6) is 0 Å². The molecule has 2 heterocycles. The van der Waals surface area contributed by atoms with Gasteiger partial charge in [-0.1, -0.05) is 20.4 Å². The van der Waals surface area contributed by atoms with Gasteiger partial charge in [0.2, 0.25) is 0 Å². The van der Waals surface area contributed by atoms with Crippen LogP contribution in [0.2, 0.25) is 0 Å². The van der Waals surface area contributed by atoms with Crippen LogP contribution in [0.3, 0.4) is 0 Å². The molecule has 2 aliphatic heterocycles. The number of esters is 1. The first-order chi connectivity index (χ1) is 15.6. The Hall–Kier alpha value is -1.20. The van der Waals surface area contributed by atoms with Gasteiger partial charge in [-0.2, -0.15) is 0 Å². The third-order valence-electron chi connectivity index (χ3n) is 12.8. The van der Waals surface area contributed by atoms with Crippen LogP contribution in [0.15, 0.2) is 12.2 Å². The van der Waals surface area contributed by atoms with Crippen molar-refractivity contribution >= 4 is 11.8 Å². The van der Waals surface area contributed by atoms with E-state index in [1.165, 1.54) is 0 Å². The summed E-state index contributed by atoms with van der Waals surface area (Å²) in [6.07, 6.45) is 7.39. The lowest BCUT2D eigenvalue weighted by molar-refractivity contribution is -0.203. The van der Waals surface area contributed by atoms with Crippen LogP contribution in [0.4, 0.5) is 0 Å². The van der Waals surface area contributed by atoms with Gasteiger partial charge in [0.15, 0.2) is 0 Å². The highest BCUT2D eigenvalue weighted by Gasteiger charge is 2.80. The van der Waals surface area contributed by atoms with Gasteiger partial charge in [-0.25, -0.2) is 4.79 Å². The number of carbonyl (C=O) groups excluding carboxylic acids is 2. The zero-order valence-electron chi connectivity index (χ0n) is 20.3. The summed E-state index contributed by atoms with van der Waals surface area (Å²) >= 11 is 0. The first kappa shape index (κ1) is 21.1. The first-order valence-corrected chi connectivity index (χ1v) is 13.3. The zero-order valence-corrected chi connectivity index (χ0v) is 20.3. The molecule has 2 bridgehead atoms. The minimum Gasteiger partial charge on any atom is -0.458 e. The van der Waals surface area contributed by atoms with E-state index in [1.54, 1.807) is 0 Å². The second kappa shape index (κ2) is 6.13. The molecule has 180 valence electrons. The van der Waals surface area contributed by atoms with Crippen molar-refractivity contribution in [1.82, 2.24) is 0 Å². The van der Waals surface area contributed by atoms with Crippen molar-refractivity contribution < 1.29 is 24.2 Å². The second-order valence-corrected chi connectivity index (χ2v) is 13.5. The largest absolute Gasteiger partial charge is 0.458 e. The fourth-order valence-electron chi connectivity index (χ4n) is 10.9. The van der Waals surface area contributed by atoms with Gasteiger partial charge < -0.3 is 14.6 Å². The number of fused-ring (bicyclic) bond motifs is 6. The van der Waals surface area contributed by atoms with E-state index in [4.69, 9.17) is 9.47 Å². The van der Waals surface area contributed by atoms with Gasteiger partial charge in [-0.15, -0.1) is 0 Å². The van der Waals surface area contributed by atoms with Crippen molar-refractivity contribution in [2.45, 2.75) is 89.9 Å². The maximum atomic E-state index is 13.3. The van der Waals surface area contributed by atoms with Gasteiger partial charge >= 0.3 is 5.97 Å². The van der Waals surface area contributed by atoms with E-state index in [9.17, 15) is 14.7 Å². The number of ketones is 1. The van der Waals surface area contributed by atoms with Crippen molar-refractivity contribution in [2.75, 3.05) is 6.61 Å². The molecule has 0 aromatic carbocycles. The SMILES string of the molecule is C=C1C(=O)O[C@@H]2C[C@]1(C)OC[C@H]2[C@H]1CC[C@H]2[C@@H]3C[C@@H](O)[C@@]45C[C@H]4CC(=O)[C@]5(C)[C@H]3CC[C@]12C. The number of hydrogen-bond acceptors (Lipinski definition) is 5. The molecular formula is C28H38O5. The summed E-state index contributed by atoms with van der Waals surface area (Å²) in [7, 11) is 0. The number of hydrogen-bond donors (Lipinski definition) is 1. The second-order valence-electron chi connectivity index (χ2n) is 13.5. The van der Waals surface area contributed by atoms with Crippen molar-refractivity contribution in [3.63, 3.8) is 0 Å². The summed E-state index contributed by atoms with van der Waals surface area (Å²) in [4.78, 5) is 25.8. The van der Waals surface area contributed by atoms with E-state index in [0.29, 0.717) is 60.4 Å². The standard InChI is InChI=1S/C28H38O5/c1-14-24(31)33-21-12-26(14,3)32-13-17(21)19-6-5-18-16-10-23(30)28-11-15(28)9-22(29)27(28,4)20(16)7-8-25(18,19)2/h15-21,23,30H,1,5-13H2,2-4H3/t15-,16+,17+,18+,19-,20+,21-,23-,25+,26+,27+,28-/m1/s1. The summed E-state index contributed by atoms with van der Waals surface area (Å²) in [5.74, 6) is 2.60. The molecule has 1 spiro atoms. The quantitative estimate of drug-likeness (QED) is 0.478. The number of aliphatic hydroxyl groups is 1. The van der Waals surface area contributed by atoms with E-state index in [1.807, 2.05) is 6.92 Å². The van der Waals surface area contributed by atoms with Crippen LogP contribution in [-0.4, -0.2) is 41.3 Å². The Morgan fingerprint density at radius 2 is 1.73 bits per heavy atom. The third kappa shape index (κ3) is 2.24. The van der Waals surface area contributed by atoms with Gasteiger partial charge in [0, 0.05) is 29.6 Å². The fourth-order valence-corrected chi connectivity index (χ4v) is 10.9. The zero-order chi connectivity index (χ0) is 23.1. The van der Waals surface area contributed by atoms with E-state index in [0.717, 1.165) is 38.5 Å². The Morgan fingerprint density at radius 3 is 2.48 bits per heavy atom. The monoisotopic (exact) mass is 454 g/mol. The van der Waals surface area contributed by atoms with Crippen LogP contribution in [0, 0.1) is 51.8 Å². The van der Waals surface area contributed by atoms with Crippen molar-refractivity contribution in [3.05, 3.63) is 12.2 Å². The number of Topliss-reactive ketones (excluding diaryl/α,β-unsaturated/α-hetero) is 1. The Morgan fingerprint density at radius 1 is 1.00 bits per heavy atom. The van der Waals surface area contributed by atoms with E-state index in [2.05, 4.69) is 20.4 Å². The van der Waals surface area contributed by atoms with Gasteiger partial charge in [-0.3, -0.25) is 4.79 Å². The molecule has 2 saturated heterocycles. The van der Waals surface area contributed by atoms with Crippen LogP contribution in [0.25, 0.3) is 0 Å². The molecule has 0 unspecified atom stereocenters. The van der Waals surface area contributed by atoms with Crippen LogP contribution < -0.4 is 0 Å². The molecule has 33 heavy (non-hydrogen) atoms. The Labute approximate surface area is 196 Å².